The van der Waals surface area contributed by atoms with Crippen molar-refractivity contribution < 1.29 is 9.53 Å². The SMILES string of the molecule is C=C(Br)C(=O)N1CCC[C@@H](n2nc(-c3ccc(Oc4ccncc4)cc3)c3c(N)ncnc32)C1. The molecule has 5 rings (SSSR count). The summed E-state index contributed by atoms with van der Waals surface area (Å²) < 4.78 is 8.09. The van der Waals surface area contributed by atoms with Crippen LogP contribution in [0.4, 0.5) is 5.82 Å². The summed E-state index contributed by atoms with van der Waals surface area (Å²) in [5, 5.41) is 5.60. The van der Waals surface area contributed by atoms with Gasteiger partial charge in [0.05, 0.1) is 15.9 Å². The topological polar surface area (TPSA) is 112 Å². The van der Waals surface area contributed by atoms with Crippen LogP contribution in [0.3, 0.4) is 0 Å². The molecule has 1 saturated heterocycles. The summed E-state index contributed by atoms with van der Waals surface area (Å²) in [6, 6.07) is 11.2. The molecule has 4 heterocycles. The van der Waals surface area contributed by atoms with Crippen molar-refractivity contribution in [2.75, 3.05) is 18.8 Å². The molecule has 9 nitrogen and oxygen atoms in total. The second-order valence-electron chi connectivity index (χ2n) is 8.01. The van der Waals surface area contributed by atoms with Gasteiger partial charge in [0.2, 0.25) is 0 Å². The fourth-order valence-corrected chi connectivity index (χ4v) is 4.44. The molecule has 0 spiro atoms. The van der Waals surface area contributed by atoms with Crippen LogP contribution in [0.15, 0.2) is 66.2 Å². The monoisotopic (exact) mass is 519 g/mol. The number of rotatable bonds is 5. The van der Waals surface area contributed by atoms with Crippen LogP contribution >= 0.6 is 15.9 Å². The first-order chi connectivity index (χ1) is 16.5. The molecule has 2 N–H and O–H groups in total. The highest BCUT2D eigenvalue weighted by Gasteiger charge is 2.29. The smallest absolute Gasteiger partial charge is 0.260 e. The van der Waals surface area contributed by atoms with Crippen LogP contribution in [0.2, 0.25) is 0 Å². The van der Waals surface area contributed by atoms with Crippen molar-refractivity contribution in [1.82, 2.24) is 29.6 Å². The third-order valence-corrected chi connectivity index (χ3v) is 6.13. The van der Waals surface area contributed by atoms with Crippen LogP contribution in [0.1, 0.15) is 18.9 Å². The number of likely N-dealkylation sites (tertiary alicyclic amines) is 1. The molecule has 1 aromatic carbocycles. The molecule has 34 heavy (non-hydrogen) atoms. The van der Waals surface area contributed by atoms with Gasteiger partial charge < -0.3 is 15.4 Å². The molecule has 0 aliphatic carbocycles. The Balaban J connectivity index is 1.49. The van der Waals surface area contributed by atoms with Crippen LogP contribution < -0.4 is 10.5 Å². The molecule has 1 fully saturated rings. The van der Waals surface area contributed by atoms with E-state index in [1.807, 2.05) is 28.9 Å². The van der Waals surface area contributed by atoms with E-state index in [1.54, 1.807) is 29.4 Å². The lowest BCUT2D eigenvalue weighted by molar-refractivity contribution is -0.127. The lowest BCUT2D eigenvalue weighted by Crippen LogP contribution is -2.41. The molecule has 1 aliphatic heterocycles. The van der Waals surface area contributed by atoms with Gasteiger partial charge in [-0.15, -0.1) is 0 Å². The van der Waals surface area contributed by atoms with E-state index in [0.29, 0.717) is 51.6 Å². The van der Waals surface area contributed by atoms with Gasteiger partial charge in [-0.05, 0) is 65.2 Å². The van der Waals surface area contributed by atoms with E-state index >= 15 is 0 Å². The Bertz CT molecular complexity index is 1360. The van der Waals surface area contributed by atoms with Gasteiger partial charge in [-0.3, -0.25) is 9.78 Å². The van der Waals surface area contributed by atoms with Gasteiger partial charge in [0.25, 0.3) is 5.91 Å². The summed E-state index contributed by atoms with van der Waals surface area (Å²) in [6.07, 6.45) is 6.53. The number of nitrogen functional groups attached to an aromatic ring is 1. The molecule has 1 aliphatic rings. The van der Waals surface area contributed by atoms with E-state index in [0.717, 1.165) is 18.4 Å². The van der Waals surface area contributed by atoms with Gasteiger partial charge in [0, 0.05) is 31.0 Å². The molecule has 0 bridgehead atoms. The number of carbonyl (C=O) groups is 1. The number of amides is 1. The van der Waals surface area contributed by atoms with Crippen LogP contribution in [-0.2, 0) is 4.79 Å². The fourth-order valence-electron chi connectivity index (χ4n) is 4.19. The zero-order chi connectivity index (χ0) is 23.7. The minimum absolute atomic E-state index is 0.0376. The standard InChI is InChI=1S/C24H22BrN7O2/c1-15(25)24(33)31-12-2-3-17(13-31)32-23-20(22(26)28-14-29-23)21(30-32)16-4-6-18(7-5-16)34-19-8-10-27-11-9-19/h4-11,14,17H,1-3,12-13H2,(H2,26,28,29)/t17-/m1/s1. The Morgan fingerprint density at radius 2 is 1.85 bits per heavy atom. The number of pyridine rings is 1. The fraction of sp³-hybridized carbons (Fsp3) is 0.208. The van der Waals surface area contributed by atoms with Gasteiger partial charge in [-0.25, -0.2) is 14.6 Å². The number of hydrogen-bond acceptors (Lipinski definition) is 7. The van der Waals surface area contributed by atoms with E-state index in [2.05, 4.69) is 37.5 Å². The quantitative estimate of drug-likeness (QED) is 0.390. The predicted molar refractivity (Wildman–Crippen MR) is 132 cm³/mol. The molecule has 1 amide bonds. The van der Waals surface area contributed by atoms with Crippen molar-refractivity contribution in [3.63, 3.8) is 0 Å². The van der Waals surface area contributed by atoms with Crippen LogP contribution in [0.25, 0.3) is 22.3 Å². The van der Waals surface area contributed by atoms with E-state index in [-0.39, 0.29) is 11.9 Å². The Labute approximate surface area is 204 Å². The summed E-state index contributed by atoms with van der Waals surface area (Å²) >= 11 is 3.20. The number of benzene rings is 1. The van der Waals surface area contributed by atoms with Gasteiger partial charge in [-0.2, -0.15) is 5.10 Å². The third kappa shape index (κ3) is 4.24. The number of fused-ring (bicyclic) bond motifs is 1. The first-order valence-electron chi connectivity index (χ1n) is 10.8. The van der Waals surface area contributed by atoms with E-state index in [9.17, 15) is 4.79 Å². The molecule has 10 heteroatoms. The summed E-state index contributed by atoms with van der Waals surface area (Å²) in [4.78, 5) is 26.9. The first kappa shape index (κ1) is 22.0. The van der Waals surface area contributed by atoms with Crippen molar-refractivity contribution in [1.29, 1.82) is 0 Å². The van der Waals surface area contributed by atoms with E-state index < -0.39 is 0 Å². The average Bonchev–Trinajstić information content (AvgIpc) is 3.26. The Morgan fingerprint density at radius 3 is 2.59 bits per heavy atom. The number of ether oxygens (including phenoxy) is 1. The number of piperidine rings is 1. The molecule has 172 valence electrons. The maximum absolute atomic E-state index is 12.5. The van der Waals surface area contributed by atoms with E-state index in [4.69, 9.17) is 15.6 Å². The van der Waals surface area contributed by atoms with Crippen LogP contribution in [0.5, 0.6) is 11.5 Å². The maximum atomic E-state index is 12.5. The largest absolute Gasteiger partial charge is 0.457 e. The summed E-state index contributed by atoms with van der Waals surface area (Å²) in [7, 11) is 0. The molecule has 3 aromatic heterocycles. The van der Waals surface area contributed by atoms with Crippen molar-refractivity contribution in [2.45, 2.75) is 18.9 Å². The number of nitrogens with zero attached hydrogens (tertiary/aromatic N) is 6. The predicted octanol–water partition coefficient (Wildman–Crippen LogP) is 4.33. The Kier molecular flexibility index (Phi) is 5.97. The normalized spacial score (nSPS) is 15.9. The molecular weight excluding hydrogens is 498 g/mol. The maximum Gasteiger partial charge on any atom is 0.260 e. The van der Waals surface area contributed by atoms with E-state index in [1.165, 1.54) is 6.33 Å². The zero-order valence-corrected chi connectivity index (χ0v) is 19.9. The van der Waals surface area contributed by atoms with Gasteiger partial charge in [0.15, 0.2) is 5.65 Å². The lowest BCUT2D eigenvalue weighted by atomic mass is 10.1. The molecular formula is C24H22BrN7O2. The minimum atomic E-state index is -0.111. The molecule has 4 aromatic rings. The number of aromatic nitrogens is 5. The second-order valence-corrected chi connectivity index (χ2v) is 8.97. The highest BCUT2D eigenvalue weighted by atomic mass is 79.9. The Hall–Kier alpha value is -3.79. The molecule has 0 unspecified atom stereocenters. The number of nitrogens with two attached hydrogens (primary N) is 1. The van der Waals surface area contributed by atoms with Crippen LogP contribution in [-0.4, -0.2) is 48.6 Å². The highest BCUT2D eigenvalue weighted by Crippen LogP contribution is 2.35. The number of hydrogen-bond donors (Lipinski definition) is 1. The molecule has 1 atom stereocenters. The highest BCUT2D eigenvalue weighted by molar-refractivity contribution is 9.12. The molecule has 0 saturated carbocycles. The first-order valence-corrected chi connectivity index (χ1v) is 11.6. The van der Waals surface area contributed by atoms with Crippen LogP contribution in [0, 0.1) is 0 Å². The number of halogens is 1. The van der Waals surface area contributed by atoms with Gasteiger partial charge in [0.1, 0.15) is 29.3 Å². The number of anilines is 1. The Morgan fingerprint density at radius 1 is 1.12 bits per heavy atom. The minimum Gasteiger partial charge on any atom is -0.457 e. The molecule has 0 radical (unpaired) electrons. The summed E-state index contributed by atoms with van der Waals surface area (Å²) in [6.45, 7) is 4.92. The number of carbonyl (C=O) groups excluding carboxylic acids is 1. The average molecular weight is 520 g/mol. The van der Waals surface area contributed by atoms with Crippen molar-refractivity contribution in [3.05, 3.63) is 66.2 Å². The van der Waals surface area contributed by atoms with Crippen molar-refractivity contribution in [2.24, 2.45) is 0 Å². The summed E-state index contributed by atoms with van der Waals surface area (Å²) in [5.41, 5.74) is 8.47. The van der Waals surface area contributed by atoms with Gasteiger partial charge in [-0.1, -0.05) is 6.58 Å². The lowest BCUT2D eigenvalue weighted by Gasteiger charge is -2.32. The zero-order valence-electron chi connectivity index (χ0n) is 18.3. The summed E-state index contributed by atoms with van der Waals surface area (Å²) in [5.74, 6) is 1.65. The van der Waals surface area contributed by atoms with Crippen molar-refractivity contribution >= 4 is 38.7 Å². The third-order valence-electron chi connectivity index (χ3n) is 5.79. The van der Waals surface area contributed by atoms with Crippen molar-refractivity contribution in [3.8, 4) is 22.8 Å². The van der Waals surface area contributed by atoms with Gasteiger partial charge >= 0.3 is 0 Å². The second kappa shape index (κ2) is 9.22.